The van der Waals surface area contributed by atoms with E-state index in [1.54, 1.807) is 7.11 Å². The number of hydrogen-bond acceptors (Lipinski definition) is 5. The Kier molecular flexibility index (Phi) is 4.21. The van der Waals surface area contributed by atoms with Crippen LogP contribution in [0.3, 0.4) is 0 Å². The number of imidazole rings is 1. The van der Waals surface area contributed by atoms with Crippen molar-refractivity contribution in [2.75, 3.05) is 7.11 Å². The lowest BCUT2D eigenvalue weighted by Crippen LogP contribution is -2.02. The molecule has 0 saturated carbocycles. The van der Waals surface area contributed by atoms with Crippen LogP contribution in [0.5, 0.6) is 17.4 Å². The highest BCUT2D eigenvalue weighted by molar-refractivity contribution is 9.11. The summed E-state index contributed by atoms with van der Waals surface area (Å²) < 4.78 is 14.7. The molecule has 0 aliphatic carbocycles. The first-order valence-corrected chi connectivity index (χ1v) is 8.46. The zero-order valence-corrected chi connectivity index (χ0v) is 15.0. The number of rotatable bonds is 4. The molecule has 2 aromatic heterocycles. The van der Waals surface area contributed by atoms with Gasteiger partial charge in [-0.05, 0) is 44.0 Å². The van der Waals surface area contributed by atoms with Gasteiger partial charge in [-0.3, -0.25) is 4.40 Å². The molecule has 0 spiro atoms. The molecule has 2 heterocycles. The van der Waals surface area contributed by atoms with Crippen molar-refractivity contribution in [2.24, 2.45) is 5.73 Å². The smallest absolute Gasteiger partial charge is 0.243 e. The molecule has 3 rings (SSSR count). The number of nitrogens with zero attached hydrogens (tertiary/aromatic N) is 2. The molecule has 5 nitrogen and oxygen atoms in total. The van der Waals surface area contributed by atoms with E-state index in [0.29, 0.717) is 18.2 Å². The number of nitrogens with two attached hydrogens (primary N) is 1. The van der Waals surface area contributed by atoms with E-state index in [-0.39, 0.29) is 0 Å². The fourth-order valence-corrected chi connectivity index (χ4v) is 3.54. The zero-order chi connectivity index (χ0) is 15.0. The molecule has 1 aromatic carbocycles. The van der Waals surface area contributed by atoms with E-state index in [1.807, 2.05) is 28.1 Å². The van der Waals surface area contributed by atoms with Gasteiger partial charge in [-0.1, -0.05) is 0 Å². The normalized spacial score (nSPS) is 11.0. The van der Waals surface area contributed by atoms with E-state index in [0.717, 1.165) is 25.3 Å². The molecular formula is C13H11Br2N3O2S. The third kappa shape index (κ3) is 2.68. The molecule has 0 unspecified atom stereocenters. The fourth-order valence-electron chi connectivity index (χ4n) is 1.93. The van der Waals surface area contributed by atoms with Crippen LogP contribution in [-0.4, -0.2) is 16.5 Å². The average Bonchev–Trinajstić information content (AvgIpc) is 3.02. The van der Waals surface area contributed by atoms with Crippen LogP contribution in [0, 0.1) is 0 Å². The Morgan fingerprint density at radius 1 is 1.29 bits per heavy atom. The zero-order valence-electron chi connectivity index (χ0n) is 11.0. The van der Waals surface area contributed by atoms with Gasteiger partial charge in [0.15, 0.2) is 4.96 Å². The molecule has 0 aliphatic heterocycles. The standard InChI is InChI=1S/C13H11Br2N3O2S/c1-19-10-4-8(15)11(5-7(10)14)20-12-9(6-16)18-2-3-21-13(18)17-12/h2-5H,6,16H2,1H3. The van der Waals surface area contributed by atoms with Crippen molar-refractivity contribution in [1.29, 1.82) is 0 Å². The van der Waals surface area contributed by atoms with Crippen LogP contribution in [0.25, 0.3) is 4.96 Å². The van der Waals surface area contributed by atoms with Crippen LogP contribution in [0.1, 0.15) is 5.69 Å². The second-order valence-electron chi connectivity index (χ2n) is 4.14. The number of halogens is 2. The topological polar surface area (TPSA) is 61.8 Å². The average molecular weight is 433 g/mol. The van der Waals surface area contributed by atoms with Gasteiger partial charge in [0.1, 0.15) is 17.2 Å². The first-order chi connectivity index (χ1) is 10.1. The van der Waals surface area contributed by atoms with E-state index in [2.05, 4.69) is 36.8 Å². The van der Waals surface area contributed by atoms with Crippen molar-refractivity contribution in [1.82, 2.24) is 9.38 Å². The van der Waals surface area contributed by atoms with Gasteiger partial charge in [0.05, 0.1) is 16.1 Å². The molecule has 0 radical (unpaired) electrons. The molecule has 8 heteroatoms. The van der Waals surface area contributed by atoms with E-state index in [4.69, 9.17) is 15.2 Å². The van der Waals surface area contributed by atoms with E-state index >= 15 is 0 Å². The van der Waals surface area contributed by atoms with Crippen LogP contribution in [-0.2, 0) is 6.54 Å². The summed E-state index contributed by atoms with van der Waals surface area (Å²) in [5, 5.41) is 1.96. The summed E-state index contributed by atoms with van der Waals surface area (Å²) in [5.41, 5.74) is 6.65. The molecule has 0 saturated heterocycles. The van der Waals surface area contributed by atoms with Crippen LogP contribution >= 0.6 is 43.2 Å². The van der Waals surface area contributed by atoms with Crippen LogP contribution < -0.4 is 15.2 Å². The summed E-state index contributed by atoms with van der Waals surface area (Å²) in [7, 11) is 1.61. The quantitative estimate of drug-likeness (QED) is 0.671. The van der Waals surface area contributed by atoms with Crippen molar-refractivity contribution in [3.63, 3.8) is 0 Å². The minimum atomic E-state index is 0.349. The second-order valence-corrected chi connectivity index (χ2v) is 6.72. The third-order valence-electron chi connectivity index (χ3n) is 2.93. The fraction of sp³-hybridized carbons (Fsp3) is 0.154. The Hall–Kier alpha value is -1.09. The summed E-state index contributed by atoms with van der Waals surface area (Å²) in [5.74, 6) is 1.88. The van der Waals surface area contributed by atoms with Gasteiger partial charge in [0.25, 0.3) is 0 Å². The van der Waals surface area contributed by atoms with Crippen LogP contribution in [0.15, 0.2) is 32.7 Å². The predicted molar refractivity (Wildman–Crippen MR) is 89.4 cm³/mol. The number of hydrogen-bond donors (Lipinski definition) is 1. The lowest BCUT2D eigenvalue weighted by molar-refractivity contribution is 0.408. The molecule has 0 bridgehead atoms. The van der Waals surface area contributed by atoms with Crippen molar-refractivity contribution < 1.29 is 9.47 Å². The molecule has 0 atom stereocenters. The molecule has 3 aromatic rings. The predicted octanol–water partition coefficient (Wildman–Crippen LogP) is 4.18. The van der Waals surface area contributed by atoms with Crippen molar-refractivity contribution in [3.05, 3.63) is 38.3 Å². The van der Waals surface area contributed by atoms with Gasteiger partial charge >= 0.3 is 0 Å². The Labute approximate surface area is 141 Å². The number of benzene rings is 1. The van der Waals surface area contributed by atoms with E-state index in [9.17, 15) is 0 Å². The van der Waals surface area contributed by atoms with Gasteiger partial charge in [0.2, 0.25) is 5.88 Å². The number of aromatic nitrogens is 2. The highest BCUT2D eigenvalue weighted by Crippen LogP contribution is 2.38. The molecule has 21 heavy (non-hydrogen) atoms. The van der Waals surface area contributed by atoms with Gasteiger partial charge in [0, 0.05) is 18.1 Å². The van der Waals surface area contributed by atoms with Crippen LogP contribution in [0.2, 0.25) is 0 Å². The largest absolute Gasteiger partial charge is 0.496 e. The van der Waals surface area contributed by atoms with Gasteiger partial charge < -0.3 is 15.2 Å². The summed E-state index contributed by atoms with van der Waals surface area (Å²) >= 11 is 8.45. The second kappa shape index (κ2) is 5.96. The van der Waals surface area contributed by atoms with Crippen molar-refractivity contribution in [3.8, 4) is 17.4 Å². The summed E-state index contributed by atoms with van der Waals surface area (Å²) in [6.45, 7) is 0.349. The summed E-state index contributed by atoms with van der Waals surface area (Å²) in [4.78, 5) is 5.32. The molecule has 110 valence electrons. The monoisotopic (exact) mass is 431 g/mol. The summed E-state index contributed by atoms with van der Waals surface area (Å²) in [6, 6.07) is 3.66. The maximum atomic E-state index is 5.92. The van der Waals surface area contributed by atoms with E-state index < -0.39 is 0 Å². The number of methoxy groups -OCH3 is 1. The SMILES string of the molecule is COc1cc(Br)c(Oc2nc3sccn3c2CN)cc1Br. The maximum Gasteiger partial charge on any atom is 0.243 e. The maximum absolute atomic E-state index is 5.92. The highest BCUT2D eigenvalue weighted by atomic mass is 79.9. The minimum Gasteiger partial charge on any atom is -0.496 e. The number of ether oxygens (including phenoxy) is 2. The Morgan fingerprint density at radius 3 is 2.71 bits per heavy atom. The van der Waals surface area contributed by atoms with Gasteiger partial charge in [-0.15, -0.1) is 11.3 Å². The molecule has 0 amide bonds. The molecule has 0 fully saturated rings. The molecule has 0 aliphatic rings. The third-order valence-corrected chi connectivity index (χ3v) is 4.93. The Balaban J connectivity index is 2.02. The molecule has 2 N–H and O–H groups in total. The highest BCUT2D eigenvalue weighted by Gasteiger charge is 2.16. The van der Waals surface area contributed by atoms with Crippen molar-refractivity contribution in [2.45, 2.75) is 6.54 Å². The number of fused-ring (bicyclic) bond motifs is 1. The lowest BCUT2D eigenvalue weighted by Gasteiger charge is -2.10. The summed E-state index contributed by atoms with van der Waals surface area (Å²) in [6.07, 6.45) is 1.93. The lowest BCUT2D eigenvalue weighted by atomic mass is 10.3. The number of thiazole rings is 1. The first kappa shape index (κ1) is 14.8. The van der Waals surface area contributed by atoms with Crippen molar-refractivity contribution >= 4 is 48.2 Å². The first-order valence-electron chi connectivity index (χ1n) is 5.99. The van der Waals surface area contributed by atoms with Gasteiger partial charge in [-0.2, -0.15) is 4.98 Å². The van der Waals surface area contributed by atoms with Gasteiger partial charge in [-0.25, -0.2) is 0 Å². The Morgan fingerprint density at radius 2 is 2.00 bits per heavy atom. The van der Waals surface area contributed by atoms with E-state index in [1.165, 1.54) is 11.3 Å². The van der Waals surface area contributed by atoms with Crippen LogP contribution in [0.4, 0.5) is 0 Å². The Bertz CT molecular complexity index is 800. The minimum absolute atomic E-state index is 0.349. The molecular weight excluding hydrogens is 422 g/mol.